The van der Waals surface area contributed by atoms with Crippen LogP contribution in [0.1, 0.15) is 11.1 Å². The van der Waals surface area contributed by atoms with Gasteiger partial charge >= 0.3 is 0 Å². The lowest BCUT2D eigenvalue weighted by molar-refractivity contribution is 0.159. The van der Waals surface area contributed by atoms with Gasteiger partial charge in [0.25, 0.3) is 0 Å². The van der Waals surface area contributed by atoms with Gasteiger partial charge in [0.15, 0.2) is 11.6 Å². The van der Waals surface area contributed by atoms with Gasteiger partial charge in [-0.3, -0.25) is 0 Å². The van der Waals surface area contributed by atoms with Gasteiger partial charge in [0.05, 0.1) is 0 Å². The van der Waals surface area contributed by atoms with E-state index in [0.29, 0.717) is 5.56 Å². The Morgan fingerprint density at radius 1 is 1.62 bits per heavy atom. The zero-order chi connectivity index (χ0) is 10.0. The quantitative estimate of drug-likeness (QED) is 0.647. The van der Waals surface area contributed by atoms with E-state index in [9.17, 15) is 9.50 Å². The van der Waals surface area contributed by atoms with Gasteiger partial charge in [0.1, 0.15) is 0 Å². The van der Waals surface area contributed by atoms with Crippen LogP contribution in [0.5, 0.6) is 5.75 Å². The number of hydrogen-bond donors (Lipinski definition) is 3. The Morgan fingerprint density at radius 3 is 2.77 bits per heavy atom. The van der Waals surface area contributed by atoms with Crippen LogP contribution in [0, 0.1) is 12.7 Å². The third-order valence-electron chi connectivity index (χ3n) is 1.83. The van der Waals surface area contributed by atoms with E-state index in [1.54, 1.807) is 6.92 Å². The van der Waals surface area contributed by atoms with Crippen LogP contribution in [0.3, 0.4) is 0 Å². The maximum absolute atomic E-state index is 12.9. The second-order valence-corrected chi connectivity index (χ2v) is 3.03. The summed E-state index contributed by atoms with van der Waals surface area (Å²) in [6, 6.07) is 1.03. The lowest BCUT2D eigenvalue weighted by atomic mass is 10.1. The fraction of sp³-hybridized carbons (Fsp3) is 0.250. The van der Waals surface area contributed by atoms with E-state index in [1.165, 1.54) is 0 Å². The first-order valence-corrected chi connectivity index (χ1v) is 3.99. The minimum atomic E-state index is -0.791. The average Bonchev–Trinajstić information content (AvgIpc) is 2.09. The molecule has 0 amide bonds. The molecule has 0 saturated heterocycles. The fourth-order valence-corrected chi connectivity index (χ4v) is 1.26. The summed E-state index contributed by atoms with van der Waals surface area (Å²) in [6.45, 7) is 1.59. The summed E-state index contributed by atoms with van der Waals surface area (Å²) in [5.41, 5.74) is 2.64. The molecule has 0 spiro atoms. The molecule has 0 heterocycles. The number of phenols is 1. The van der Waals surface area contributed by atoms with Gasteiger partial charge < -0.3 is 10.3 Å². The molecule has 0 aliphatic rings. The van der Waals surface area contributed by atoms with Crippen molar-refractivity contribution in [1.29, 1.82) is 0 Å². The van der Waals surface area contributed by atoms with Crippen molar-refractivity contribution in [3.8, 4) is 5.75 Å². The van der Waals surface area contributed by atoms with Crippen LogP contribution in [0.4, 0.5) is 4.39 Å². The molecule has 0 aromatic heterocycles. The summed E-state index contributed by atoms with van der Waals surface area (Å²) in [5, 5.41) is 17.9. The van der Waals surface area contributed by atoms with E-state index >= 15 is 0 Å². The first-order valence-electron chi connectivity index (χ1n) is 3.61. The standard InChI is InChI=1S/C8H9ClFNO2/c1-4-5(3-11-13)8(12)7(10)2-6(4)9/h2,11-13H,3H2,1H3. The zero-order valence-corrected chi connectivity index (χ0v) is 7.69. The number of halogens is 2. The second kappa shape index (κ2) is 3.91. The molecule has 1 aromatic carbocycles. The molecule has 0 fully saturated rings. The molecule has 3 N–H and O–H groups in total. The molecule has 5 heteroatoms. The van der Waals surface area contributed by atoms with E-state index in [0.717, 1.165) is 6.07 Å². The molecule has 0 saturated carbocycles. The molecule has 0 aliphatic heterocycles. The third kappa shape index (κ3) is 1.91. The highest BCUT2D eigenvalue weighted by Crippen LogP contribution is 2.30. The Balaban J connectivity index is 3.28. The van der Waals surface area contributed by atoms with Crippen molar-refractivity contribution in [2.75, 3.05) is 0 Å². The number of benzene rings is 1. The Bertz CT molecular complexity index is 304. The van der Waals surface area contributed by atoms with Gasteiger partial charge in [-0.25, -0.2) is 9.87 Å². The molecular formula is C8H9ClFNO2. The van der Waals surface area contributed by atoms with Gasteiger partial charge in [-0.2, -0.15) is 0 Å². The van der Waals surface area contributed by atoms with Crippen LogP contribution < -0.4 is 5.48 Å². The maximum atomic E-state index is 12.9. The molecule has 0 bridgehead atoms. The Hall–Kier alpha value is -0.840. The smallest absolute Gasteiger partial charge is 0.166 e. The van der Waals surface area contributed by atoms with E-state index in [-0.39, 0.29) is 17.1 Å². The number of aromatic hydroxyl groups is 1. The molecule has 1 rings (SSSR count). The molecule has 0 aliphatic carbocycles. The number of hydrogen-bond acceptors (Lipinski definition) is 3. The lowest BCUT2D eigenvalue weighted by Crippen LogP contribution is -2.08. The summed E-state index contributed by atoms with van der Waals surface area (Å²) in [5.74, 6) is -1.27. The third-order valence-corrected chi connectivity index (χ3v) is 2.22. The number of hydroxylamine groups is 1. The summed E-state index contributed by atoms with van der Waals surface area (Å²) >= 11 is 5.67. The zero-order valence-electron chi connectivity index (χ0n) is 6.93. The van der Waals surface area contributed by atoms with Gasteiger partial charge in [0, 0.05) is 17.1 Å². The van der Waals surface area contributed by atoms with Crippen LogP contribution >= 0.6 is 11.6 Å². The van der Waals surface area contributed by atoms with Gasteiger partial charge in [-0.05, 0) is 18.6 Å². The molecule has 72 valence electrons. The van der Waals surface area contributed by atoms with Crippen LogP contribution in [0.15, 0.2) is 6.07 Å². The minimum absolute atomic E-state index is 0.0465. The molecule has 3 nitrogen and oxygen atoms in total. The first-order chi connectivity index (χ1) is 6.07. The van der Waals surface area contributed by atoms with Crippen LogP contribution in [-0.4, -0.2) is 10.3 Å². The van der Waals surface area contributed by atoms with Crippen molar-refractivity contribution in [2.45, 2.75) is 13.5 Å². The number of phenolic OH excluding ortho intramolecular Hbond substituents is 1. The molecule has 0 atom stereocenters. The Morgan fingerprint density at radius 2 is 2.23 bits per heavy atom. The van der Waals surface area contributed by atoms with Gasteiger partial charge in [-0.1, -0.05) is 11.6 Å². The van der Waals surface area contributed by atoms with Crippen molar-refractivity contribution < 1.29 is 14.7 Å². The molecule has 1 aromatic rings. The monoisotopic (exact) mass is 205 g/mol. The van der Waals surface area contributed by atoms with Crippen molar-refractivity contribution in [1.82, 2.24) is 5.48 Å². The van der Waals surface area contributed by atoms with Crippen LogP contribution in [0.2, 0.25) is 5.02 Å². The number of nitrogens with one attached hydrogen (secondary N) is 1. The predicted octanol–water partition coefficient (Wildman–Crippen LogP) is 1.97. The topological polar surface area (TPSA) is 52.5 Å². The van der Waals surface area contributed by atoms with Crippen molar-refractivity contribution in [3.63, 3.8) is 0 Å². The summed E-state index contributed by atoms with van der Waals surface area (Å²) < 4.78 is 12.9. The lowest BCUT2D eigenvalue weighted by Gasteiger charge is -2.09. The van der Waals surface area contributed by atoms with Crippen molar-refractivity contribution in [2.24, 2.45) is 0 Å². The van der Waals surface area contributed by atoms with Gasteiger partial charge in [-0.15, -0.1) is 0 Å². The first kappa shape index (κ1) is 10.2. The summed E-state index contributed by atoms with van der Waals surface area (Å²) in [6.07, 6.45) is 0. The van der Waals surface area contributed by atoms with E-state index in [2.05, 4.69) is 0 Å². The largest absolute Gasteiger partial charge is 0.505 e. The van der Waals surface area contributed by atoms with Crippen molar-refractivity contribution in [3.05, 3.63) is 28.0 Å². The van der Waals surface area contributed by atoms with Crippen molar-refractivity contribution >= 4 is 11.6 Å². The Labute approximate surface area is 79.7 Å². The summed E-state index contributed by atoms with van der Waals surface area (Å²) in [4.78, 5) is 0. The van der Waals surface area contributed by atoms with Crippen LogP contribution in [-0.2, 0) is 6.54 Å². The SMILES string of the molecule is Cc1c(Cl)cc(F)c(O)c1CNO. The second-order valence-electron chi connectivity index (χ2n) is 2.63. The normalized spacial score (nSPS) is 10.5. The predicted molar refractivity (Wildman–Crippen MR) is 46.4 cm³/mol. The molecule has 13 heavy (non-hydrogen) atoms. The maximum Gasteiger partial charge on any atom is 0.166 e. The van der Waals surface area contributed by atoms with E-state index < -0.39 is 11.6 Å². The minimum Gasteiger partial charge on any atom is -0.505 e. The van der Waals surface area contributed by atoms with Crippen LogP contribution in [0.25, 0.3) is 0 Å². The Kier molecular flexibility index (Phi) is 3.08. The highest BCUT2D eigenvalue weighted by molar-refractivity contribution is 6.31. The molecule has 0 radical (unpaired) electrons. The van der Waals surface area contributed by atoms with Gasteiger partial charge in [0.2, 0.25) is 0 Å². The molecular weight excluding hydrogens is 197 g/mol. The average molecular weight is 206 g/mol. The summed E-state index contributed by atoms with van der Waals surface area (Å²) in [7, 11) is 0. The van der Waals surface area contributed by atoms with E-state index in [1.807, 2.05) is 5.48 Å². The highest BCUT2D eigenvalue weighted by atomic mass is 35.5. The fourth-order valence-electron chi connectivity index (χ4n) is 1.05. The number of rotatable bonds is 2. The van der Waals surface area contributed by atoms with E-state index in [4.69, 9.17) is 16.8 Å². The molecule has 0 unspecified atom stereocenters. The highest BCUT2D eigenvalue weighted by Gasteiger charge is 2.13.